The Morgan fingerprint density at radius 3 is 2.50 bits per heavy atom. The van der Waals surface area contributed by atoms with Crippen molar-refractivity contribution in [2.24, 2.45) is 0 Å². The minimum absolute atomic E-state index is 0. The molecule has 0 unspecified atom stereocenters. The average Bonchev–Trinajstić information content (AvgIpc) is 2.06. The van der Waals surface area contributed by atoms with Crippen molar-refractivity contribution < 1.29 is 52.8 Å². The third kappa shape index (κ3) is 4.05. The molecule has 0 bridgehead atoms. The zero-order valence-corrected chi connectivity index (χ0v) is 10.2. The molecular formula is C9H9KN2. The van der Waals surface area contributed by atoms with Crippen molar-refractivity contribution in [3.05, 3.63) is 42.6 Å². The standard InChI is InChI=1S/C9H8N2.K.H/c1-8(7-10)11-9-5-3-2-4-6-9;;/h2-6,11H,1H2;;/q;+1;-1. The van der Waals surface area contributed by atoms with E-state index in [1.807, 2.05) is 36.4 Å². The van der Waals surface area contributed by atoms with E-state index in [0.717, 1.165) is 5.69 Å². The molecule has 0 heterocycles. The van der Waals surface area contributed by atoms with Crippen LogP contribution in [-0.2, 0) is 0 Å². The summed E-state index contributed by atoms with van der Waals surface area (Å²) in [6, 6.07) is 11.4. The number of nitrogens with one attached hydrogen (secondary N) is 1. The second kappa shape index (κ2) is 6.41. The number of rotatable bonds is 2. The maximum Gasteiger partial charge on any atom is 1.00 e. The number of nitrogens with zero attached hydrogens (tertiary/aromatic N) is 1. The second-order valence-electron chi connectivity index (χ2n) is 2.08. The molecule has 0 aromatic heterocycles. The van der Waals surface area contributed by atoms with Gasteiger partial charge in [-0.05, 0) is 12.1 Å². The summed E-state index contributed by atoms with van der Waals surface area (Å²) in [5, 5.41) is 11.2. The first-order valence-electron chi connectivity index (χ1n) is 3.24. The Morgan fingerprint density at radius 2 is 2.00 bits per heavy atom. The fourth-order valence-electron chi connectivity index (χ4n) is 0.724. The molecule has 0 fully saturated rings. The van der Waals surface area contributed by atoms with Gasteiger partial charge in [0.15, 0.2) is 0 Å². The molecule has 1 aromatic carbocycles. The number of anilines is 1. The van der Waals surface area contributed by atoms with Crippen molar-refractivity contribution in [1.29, 1.82) is 5.26 Å². The number of benzene rings is 1. The quantitative estimate of drug-likeness (QED) is 0.485. The third-order valence-electron chi connectivity index (χ3n) is 1.20. The molecule has 2 nitrogen and oxygen atoms in total. The summed E-state index contributed by atoms with van der Waals surface area (Å²) in [6.07, 6.45) is 0. The normalized spacial score (nSPS) is 7.58. The van der Waals surface area contributed by atoms with E-state index in [9.17, 15) is 0 Å². The average molecular weight is 184 g/mol. The summed E-state index contributed by atoms with van der Waals surface area (Å²) in [5.41, 5.74) is 1.25. The van der Waals surface area contributed by atoms with Crippen LogP contribution in [0.4, 0.5) is 5.69 Å². The van der Waals surface area contributed by atoms with E-state index in [4.69, 9.17) is 5.26 Å². The Morgan fingerprint density at radius 1 is 1.42 bits per heavy atom. The van der Waals surface area contributed by atoms with Gasteiger partial charge in [-0.1, -0.05) is 24.8 Å². The number of hydrogen-bond acceptors (Lipinski definition) is 2. The maximum absolute atomic E-state index is 8.38. The van der Waals surface area contributed by atoms with E-state index in [1.165, 1.54) is 0 Å². The van der Waals surface area contributed by atoms with Gasteiger partial charge in [-0.3, -0.25) is 0 Å². The van der Waals surface area contributed by atoms with E-state index < -0.39 is 0 Å². The topological polar surface area (TPSA) is 35.8 Å². The van der Waals surface area contributed by atoms with Crippen LogP contribution in [0.1, 0.15) is 1.43 Å². The first-order chi connectivity index (χ1) is 5.33. The summed E-state index contributed by atoms with van der Waals surface area (Å²) >= 11 is 0. The van der Waals surface area contributed by atoms with Crippen LogP contribution in [0.2, 0.25) is 0 Å². The molecule has 1 rings (SSSR count). The molecule has 1 aromatic rings. The van der Waals surface area contributed by atoms with Gasteiger partial charge >= 0.3 is 51.4 Å². The van der Waals surface area contributed by atoms with Gasteiger partial charge in [0.05, 0.1) is 0 Å². The molecule has 0 aliphatic rings. The first-order valence-corrected chi connectivity index (χ1v) is 3.24. The fourth-order valence-corrected chi connectivity index (χ4v) is 0.724. The summed E-state index contributed by atoms with van der Waals surface area (Å²) in [6.45, 7) is 3.50. The molecule has 0 spiro atoms. The maximum atomic E-state index is 8.38. The van der Waals surface area contributed by atoms with Crippen LogP contribution >= 0.6 is 0 Å². The monoisotopic (exact) mass is 184 g/mol. The fraction of sp³-hybridized carbons (Fsp3) is 0. The Labute approximate surface area is 116 Å². The van der Waals surface area contributed by atoms with Crippen LogP contribution in [0, 0.1) is 11.3 Å². The Kier molecular flexibility index (Phi) is 6.35. The van der Waals surface area contributed by atoms with Crippen molar-refractivity contribution in [2.45, 2.75) is 0 Å². The number of allylic oxidation sites excluding steroid dienone is 1. The Balaban J connectivity index is 0. The predicted molar refractivity (Wildman–Crippen MR) is 45.9 cm³/mol. The van der Waals surface area contributed by atoms with Gasteiger partial charge in [0, 0.05) is 5.69 Å². The van der Waals surface area contributed by atoms with E-state index in [0.29, 0.717) is 5.70 Å². The van der Waals surface area contributed by atoms with Gasteiger partial charge < -0.3 is 6.74 Å². The van der Waals surface area contributed by atoms with Crippen molar-refractivity contribution >= 4 is 5.69 Å². The molecule has 12 heavy (non-hydrogen) atoms. The zero-order chi connectivity index (χ0) is 8.10. The van der Waals surface area contributed by atoms with Gasteiger partial charge in [-0.25, -0.2) is 0 Å². The number of nitriles is 1. The summed E-state index contributed by atoms with van der Waals surface area (Å²) in [4.78, 5) is 0. The molecule has 0 aliphatic carbocycles. The molecule has 0 saturated heterocycles. The molecule has 0 aliphatic heterocycles. The van der Waals surface area contributed by atoms with Crippen molar-refractivity contribution in [3.8, 4) is 6.07 Å². The van der Waals surface area contributed by atoms with Crippen molar-refractivity contribution in [3.63, 3.8) is 0 Å². The number of para-hydroxylation sites is 1. The molecule has 0 amide bonds. The summed E-state index contributed by atoms with van der Waals surface area (Å²) in [5.74, 6) is 0. The zero-order valence-electron chi connectivity index (χ0n) is 8.04. The van der Waals surface area contributed by atoms with Gasteiger partial charge in [-0.2, -0.15) is 5.26 Å². The van der Waals surface area contributed by atoms with Gasteiger partial charge in [0.2, 0.25) is 0 Å². The van der Waals surface area contributed by atoms with Crippen molar-refractivity contribution in [2.75, 3.05) is 5.32 Å². The predicted octanol–water partition coefficient (Wildman–Crippen LogP) is -0.748. The van der Waals surface area contributed by atoms with Crippen LogP contribution < -0.4 is 56.7 Å². The SMILES string of the molecule is C=C(C#N)Nc1ccccc1.[H-].[K+]. The van der Waals surface area contributed by atoms with Crippen LogP contribution in [0.15, 0.2) is 42.6 Å². The molecule has 0 saturated carbocycles. The largest absolute Gasteiger partial charge is 1.00 e. The minimum Gasteiger partial charge on any atom is -1.00 e. The van der Waals surface area contributed by atoms with E-state index in [1.54, 1.807) is 0 Å². The molecule has 56 valence electrons. The van der Waals surface area contributed by atoms with Crippen LogP contribution in [0.25, 0.3) is 0 Å². The summed E-state index contributed by atoms with van der Waals surface area (Å²) < 4.78 is 0. The second-order valence-corrected chi connectivity index (χ2v) is 2.08. The summed E-state index contributed by atoms with van der Waals surface area (Å²) in [7, 11) is 0. The van der Waals surface area contributed by atoms with E-state index >= 15 is 0 Å². The van der Waals surface area contributed by atoms with Gasteiger partial charge in [0.1, 0.15) is 11.8 Å². The van der Waals surface area contributed by atoms with Crippen LogP contribution in [0.3, 0.4) is 0 Å². The Hall–Kier alpha value is -0.114. The molecule has 3 heteroatoms. The Bertz CT molecular complexity index is 292. The molecular weight excluding hydrogens is 175 g/mol. The van der Waals surface area contributed by atoms with Gasteiger partial charge in [-0.15, -0.1) is 0 Å². The molecule has 0 radical (unpaired) electrons. The molecule has 1 N–H and O–H groups in total. The van der Waals surface area contributed by atoms with Gasteiger partial charge in [0.25, 0.3) is 0 Å². The third-order valence-corrected chi connectivity index (χ3v) is 1.20. The van der Waals surface area contributed by atoms with Crippen LogP contribution in [0.5, 0.6) is 0 Å². The minimum atomic E-state index is 0. The van der Waals surface area contributed by atoms with E-state index in [-0.39, 0.29) is 52.8 Å². The number of hydrogen-bond donors (Lipinski definition) is 1. The molecule has 0 atom stereocenters. The van der Waals surface area contributed by atoms with E-state index in [2.05, 4.69) is 11.9 Å². The van der Waals surface area contributed by atoms with Crippen LogP contribution in [-0.4, -0.2) is 0 Å². The smallest absolute Gasteiger partial charge is 1.00 e. The first kappa shape index (κ1) is 11.9. The van der Waals surface area contributed by atoms with Crippen molar-refractivity contribution in [1.82, 2.24) is 0 Å².